The molecule has 218 valence electrons. The summed E-state index contributed by atoms with van der Waals surface area (Å²) in [6.07, 6.45) is -1.97. The zero-order valence-corrected chi connectivity index (χ0v) is 22.1. The van der Waals surface area contributed by atoms with Crippen LogP contribution in [0.3, 0.4) is 0 Å². The van der Waals surface area contributed by atoms with Crippen LogP contribution in [0.15, 0.2) is 0 Å². The van der Waals surface area contributed by atoms with Gasteiger partial charge in [0.2, 0.25) is 23.5 Å². The van der Waals surface area contributed by atoms with E-state index in [1.54, 1.807) is 13.8 Å². The molecule has 4 N–H and O–H groups in total. The largest absolute Gasteiger partial charge is 0.471 e. The molecule has 3 aliphatic rings. The number of amides is 5. The van der Waals surface area contributed by atoms with Crippen LogP contribution in [0.5, 0.6) is 0 Å². The third-order valence-electron chi connectivity index (χ3n) is 7.48. The number of halogens is 3. The van der Waals surface area contributed by atoms with Crippen LogP contribution >= 0.6 is 0 Å². The normalized spacial score (nSPS) is 23.3. The predicted octanol–water partition coefficient (Wildman–Crippen LogP) is 0.319. The number of alkyl halides is 3. The van der Waals surface area contributed by atoms with Crippen LogP contribution in [-0.4, -0.2) is 83.7 Å². The topological polar surface area (TPSA) is 154 Å². The van der Waals surface area contributed by atoms with Gasteiger partial charge in [-0.2, -0.15) is 13.2 Å². The average Bonchev–Trinajstić information content (AvgIpc) is 3.62. The summed E-state index contributed by atoms with van der Waals surface area (Å²) in [5, 5.41) is 9.48. The minimum Gasteiger partial charge on any atom is -0.356 e. The maximum Gasteiger partial charge on any atom is 0.471 e. The van der Waals surface area contributed by atoms with Crippen molar-refractivity contribution >= 4 is 35.3 Å². The van der Waals surface area contributed by atoms with Gasteiger partial charge in [-0.1, -0.05) is 12.8 Å². The van der Waals surface area contributed by atoms with Gasteiger partial charge in [-0.25, -0.2) is 0 Å². The van der Waals surface area contributed by atoms with Crippen LogP contribution in [0.25, 0.3) is 0 Å². The molecule has 2 heterocycles. The number of rotatable bonds is 10. The number of carbonyl (C=O) groups excluding carboxylic acids is 6. The highest BCUT2D eigenvalue weighted by molar-refractivity contribution is 6.38. The van der Waals surface area contributed by atoms with Gasteiger partial charge in [-0.15, -0.1) is 0 Å². The van der Waals surface area contributed by atoms with E-state index < -0.39 is 65.5 Å². The van der Waals surface area contributed by atoms with Crippen molar-refractivity contribution in [1.29, 1.82) is 0 Å². The molecule has 1 aliphatic carbocycles. The van der Waals surface area contributed by atoms with Gasteiger partial charge < -0.3 is 26.2 Å². The fourth-order valence-electron chi connectivity index (χ4n) is 5.52. The Hall–Kier alpha value is -3.19. The Bertz CT molecular complexity index is 982. The van der Waals surface area contributed by atoms with E-state index in [4.69, 9.17) is 0 Å². The smallest absolute Gasteiger partial charge is 0.356 e. The number of nitrogens with zero attached hydrogens (tertiary/aromatic N) is 1. The zero-order chi connectivity index (χ0) is 28.9. The molecule has 3 rings (SSSR count). The van der Waals surface area contributed by atoms with Gasteiger partial charge in [-0.05, 0) is 58.3 Å². The van der Waals surface area contributed by atoms with Crippen molar-refractivity contribution in [3.8, 4) is 0 Å². The van der Waals surface area contributed by atoms with Gasteiger partial charge in [0, 0.05) is 25.0 Å². The molecule has 5 amide bonds. The summed E-state index contributed by atoms with van der Waals surface area (Å²) in [4.78, 5) is 77.2. The second-order valence-corrected chi connectivity index (χ2v) is 10.7. The van der Waals surface area contributed by atoms with Crippen LogP contribution in [0.1, 0.15) is 65.2 Å². The lowest BCUT2D eigenvalue weighted by Crippen LogP contribution is -2.59. The Morgan fingerprint density at radius 1 is 0.974 bits per heavy atom. The van der Waals surface area contributed by atoms with E-state index in [0.717, 1.165) is 4.90 Å². The number of nitrogens with one attached hydrogen (secondary N) is 4. The van der Waals surface area contributed by atoms with E-state index in [0.29, 0.717) is 45.1 Å². The molecular weight excluding hydrogens is 523 g/mol. The lowest BCUT2D eigenvalue weighted by atomic mass is 9.94. The molecule has 0 aromatic rings. The van der Waals surface area contributed by atoms with Gasteiger partial charge in [-0.3, -0.25) is 28.8 Å². The van der Waals surface area contributed by atoms with Gasteiger partial charge in [0.15, 0.2) is 0 Å². The first kappa shape index (κ1) is 30.4. The van der Waals surface area contributed by atoms with Crippen molar-refractivity contribution < 1.29 is 41.9 Å². The maximum atomic E-state index is 13.5. The number of ketones is 1. The summed E-state index contributed by atoms with van der Waals surface area (Å²) in [7, 11) is 0. The molecule has 4 unspecified atom stereocenters. The third-order valence-corrected chi connectivity index (χ3v) is 7.48. The number of likely N-dealkylation sites (tertiary alicyclic amines) is 1. The molecule has 0 bridgehead atoms. The Kier molecular flexibility index (Phi) is 9.94. The molecule has 2 aliphatic heterocycles. The van der Waals surface area contributed by atoms with Crippen molar-refractivity contribution in [3.63, 3.8) is 0 Å². The first-order valence-electron chi connectivity index (χ1n) is 13.4. The molecule has 0 aromatic heterocycles. The molecule has 11 nitrogen and oxygen atoms in total. The number of hydrogen-bond acceptors (Lipinski definition) is 6. The summed E-state index contributed by atoms with van der Waals surface area (Å²) >= 11 is 0. The van der Waals surface area contributed by atoms with Gasteiger partial charge >= 0.3 is 12.1 Å². The molecule has 0 aromatic carbocycles. The second-order valence-electron chi connectivity index (χ2n) is 10.7. The lowest BCUT2D eigenvalue weighted by molar-refractivity contribution is -0.175. The molecule has 14 heteroatoms. The molecule has 0 spiro atoms. The Balaban J connectivity index is 1.77. The Morgan fingerprint density at radius 3 is 2.21 bits per heavy atom. The fourth-order valence-corrected chi connectivity index (χ4v) is 5.52. The van der Waals surface area contributed by atoms with Crippen LogP contribution < -0.4 is 21.3 Å². The fraction of sp³-hybridized carbons (Fsp3) is 0.760. The average molecular weight is 560 g/mol. The summed E-state index contributed by atoms with van der Waals surface area (Å²) in [5.41, 5.74) is 0. The van der Waals surface area contributed by atoms with E-state index in [-0.39, 0.29) is 31.3 Å². The summed E-state index contributed by atoms with van der Waals surface area (Å²) < 4.78 is 39.0. The molecule has 39 heavy (non-hydrogen) atoms. The first-order chi connectivity index (χ1) is 18.3. The summed E-state index contributed by atoms with van der Waals surface area (Å²) in [6, 6.07) is -4.23. The van der Waals surface area contributed by atoms with Crippen LogP contribution in [-0.2, 0) is 28.8 Å². The minimum atomic E-state index is -5.17. The number of carbonyl (C=O) groups is 6. The zero-order valence-electron chi connectivity index (χ0n) is 22.1. The second kappa shape index (κ2) is 12.8. The minimum absolute atomic E-state index is 0.0828. The monoisotopic (exact) mass is 559 g/mol. The van der Waals surface area contributed by atoms with Crippen molar-refractivity contribution in [2.24, 2.45) is 11.8 Å². The van der Waals surface area contributed by atoms with Crippen molar-refractivity contribution in [3.05, 3.63) is 0 Å². The predicted molar refractivity (Wildman–Crippen MR) is 131 cm³/mol. The quantitative estimate of drug-likeness (QED) is 0.283. The van der Waals surface area contributed by atoms with Crippen molar-refractivity contribution in [2.45, 2.75) is 95.6 Å². The molecular formula is C25H36F3N5O6. The SMILES string of the molecule is CC(C)NC(=O)C(=O)C(CC1CCNC1=O)NC(=O)C1CCCN1C(=O)C(NC(=O)C(F)(F)F)C1CCCC1. The highest BCUT2D eigenvalue weighted by Gasteiger charge is 2.46. The lowest BCUT2D eigenvalue weighted by Gasteiger charge is -2.32. The summed E-state index contributed by atoms with van der Waals surface area (Å²) in [5.74, 6) is -7.01. The van der Waals surface area contributed by atoms with E-state index in [2.05, 4.69) is 16.0 Å². The van der Waals surface area contributed by atoms with Crippen molar-refractivity contribution in [1.82, 2.24) is 26.2 Å². The molecule has 0 radical (unpaired) electrons. The number of hydrogen-bond donors (Lipinski definition) is 4. The standard InChI is InChI=1S/C25H36F3N5O6/c1-13(2)30-22(37)19(34)16(12-15-9-10-29-20(15)35)31-21(36)17-8-5-11-33(17)23(38)18(14-6-3-4-7-14)32-24(39)25(26,27)28/h13-18H,3-12H2,1-2H3,(H,29,35)(H,30,37)(H,31,36)(H,32,39). The van der Waals surface area contributed by atoms with Gasteiger partial charge in [0.1, 0.15) is 12.1 Å². The highest BCUT2D eigenvalue weighted by atomic mass is 19.4. The van der Waals surface area contributed by atoms with Crippen LogP contribution in [0, 0.1) is 11.8 Å². The molecule has 1 saturated carbocycles. The molecule has 2 saturated heterocycles. The third kappa shape index (κ3) is 7.69. The van der Waals surface area contributed by atoms with Crippen LogP contribution in [0.4, 0.5) is 13.2 Å². The Morgan fingerprint density at radius 2 is 1.64 bits per heavy atom. The van der Waals surface area contributed by atoms with E-state index in [1.165, 1.54) is 0 Å². The van der Waals surface area contributed by atoms with Crippen molar-refractivity contribution in [2.75, 3.05) is 13.1 Å². The van der Waals surface area contributed by atoms with E-state index in [9.17, 15) is 41.9 Å². The summed E-state index contributed by atoms with van der Waals surface area (Å²) in [6.45, 7) is 3.79. The molecule has 4 atom stereocenters. The number of Topliss-reactive ketones (excluding diaryl/α,β-unsaturated/α-hetero) is 1. The maximum absolute atomic E-state index is 13.5. The van der Waals surface area contributed by atoms with Gasteiger partial charge in [0.05, 0.1) is 6.04 Å². The Labute approximate surface area is 224 Å². The van der Waals surface area contributed by atoms with E-state index >= 15 is 0 Å². The van der Waals surface area contributed by atoms with E-state index in [1.807, 2.05) is 5.32 Å². The molecule has 3 fully saturated rings. The first-order valence-corrected chi connectivity index (χ1v) is 13.4. The van der Waals surface area contributed by atoms with Gasteiger partial charge in [0.25, 0.3) is 5.91 Å². The van der Waals surface area contributed by atoms with Crippen LogP contribution in [0.2, 0.25) is 0 Å². The highest BCUT2D eigenvalue weighted by Crippen LogP contribution is 2.31.